The number of hydrogen-bond acceptors (Lipinski definition) is 4. The van der Waals surface area contributed by atoms with E-state index in [2.05, 4.69) is 31.5 Å². The average Bonchev–Trinajstić information content (AvgIpc) is 2.91. The number of hydrogen-bond donors (Lipinski definition) is 1. The first kappa shape index (κ1) is 13.6. The van der Waals surface area contributed by atoms with E-state index in [1.165, 1.54) is 35.0 Å². The molecular formula is C13H8BrF2N5. The molecule has 2 N–H and O–H groups in total. The number of nitrogens with zero attached hydrogens (tertiary/aromatic N) is 4. The molecule has 1 aromatic heterocycles. The molecule has 0 spiro atoms. The van der Waals surface area contributed by atoms with E-state index < -0.39 is 11.6 Å². The van der Waals surface area contributed by atoms with Crippen molar-refractivity contribution in [2.75, 3.05) is 5.73 Å². The predicted molar refractivity (Wildman–Crippen MR) is 76.6 cm³/mol. The van der Waals surface area contributed by atoms with Crippen LogP contribution in [0.15, 0.2) is 40.9 Å². The maximum absolute atomic E-state index is 14.0. The number of benzene rings is 2. The Balaban J connectivity index is 2.14. The fourth-order valence-corrected chi connectivity index (χ4v) is 2.20. The zero-order valence-corrected chi connectivity index (χ0v) is 12.1. The summed E-state index contributed by atoms with van der Waals surface area (Å²) in [6.07, 6.45) is 0. The van der Waals surface area contributed by atoms with Crippen molar-refractivity contribution in [3.8, 4) is 17.1 Å². The van der Waals surface area contributed by atoms with Gasteiger partial charge in [0.15, 0.2) is 5.82 Å². The number of nitrogen functional groups attached to an aromatic ring is 1. The summed E-state index contributed by atoms with van der Waals surface area (Å²) in [5, 5.41) is 11.2. The molecule has 0 amide bonds. The van der Waals surface area contributed by atoms with Crippen molar-refractivity contribution in [2.45, 2.75) is 0 Å². The second-order valence-corrected chi connectivity index (χ2v) is 5.16. The van der Waals surface area contributed by atoms with E-state index in [1.54, 1.807) is 6.07 Å². The minimum absolute atomic E-state index is 0.0293. The molecule has 0 aliphatic heterocycles. The zero-order valence-electron chi connectivity index (χ0n) is 10.5. The summed E-state index contributed by atoms with van der Waals surface area (Å²) in [5.74, 6) is -0.761. The van der Waals surface area contributed by atoms with Gasteiger partial charge in [0.05, 0.1) is 5.69 Å². The van der Waals surface area contributed by atoms with Gasteiger partial charge in [0, 0.05) is 10.0 Å². The van der Waals surface area contributed by atoms with Crippen LogP contribution >= 0.6 is 15.9 Å². The second-order valence-electron chi connectivity index (χ2n) is 4.25. The van der Waals surface area contributed by atoms with Gasteiger partial charge in [-0.15, -0.1) is 5.10 Å². The molecule has 3 aromatic rings. The van der Waals surface area contributed by atoms with Crippen LogP contribution in [-0.2, 0) is 0 Å². The highest BCUT2D eigenvalue weighted by Gasteiger charge is 2.15. The summed E-state index contributed by atoms with van der Waals surface area (Å²) in [6, 6.07) is 8.59. The third kappa shape index (κ3) is 2.49. The number of tetrazole rings is 1. The van der Waals surface area contributed by atoms with E-state index in [-0.39, 0.29) is 17.2 Å². The van der Waals surface area contributed by atoms with Gasteiger partial charge in [-0.2, -0.15) is 4.68 Å². The number of rotatable bonds is 2. The van der Waals surface area contributed by atoms with Crippen LogP contribution in [0.5, 0.6) is 0 Å². The van der Waals surface area contributed by atoms with Crippen LogP contribution in [0.3, 0.4) is 0 Å². The highest BCUT2D eigenvalue weighted by Crippen LogP contribution is 2.25. The normalized spacial score (nSPS) is 10.8. The molecule has 1 heterocycles. The van der Waals surface area contributed by atoms with Gasteiger partial charge in [-0.25, -0.2) is 8.78 Å². The second kappa shape index (κ2) is 5.21. The molecule has 0 fully saturated rings. The van der Waals surface area contributed by atoms with E-state index in [1.807, 2.05) is 0 Å². The van der Waals surface area contributed by atoms with E-state index in [4.69, 9.17) is 5.73 Å². The van der Waals surface area contributed by atoms with Gasteiger partial charge in [0.25, 0.3) is 0 Å². The van der Waals surface area contributed by atoms with Gasteiger partial charge >= 0.3 is 0 Å². The molecule has 0 saturated heterocycles. The maximum atomic E-state index is 14.0. The largest absolute Gasteiger partial charge is 0.396 e. The monoisotopic (exact) mass is 351 g/mol. The van der Waals surface area contributed by atoms with Crippen molar-refractivity contribution in [1.82, 2.24) is 20.2 Å². The molecule has 8 heteroatoms. The van der Waals surface area contributed by atoms with Crippen molar-refractivity contribution in [3.63, 3.8) is 0 Å². The smallest absolute Gasteiger partial charge is 0.187 e. The average molecular weight is 352 g/mol. The van der Waals surface area contributed by atoms with E-state index in [9.17, 15) is 8.78 Å². The molecular weight excluding hydrogens is 344 g/mol. The van der Waals surface area contributed by atoms with Gasteiger partial charge in [0.2, 0.25) is 0 Å². The van der Waals surface area contributed by atoms with Crippen molar-refractivity contribution in [3.05, 3.63) is 52.5 Å². The third-order valence-electron chi connectivity index (χ3n) is 2.86. The lowest BCUT2D eigenvalue weighted by atomic mass is 10.2. The van der Waals surface area contributed by atoms with E-state index >= 15 is 0 Å². The van der Waals surface area contributed by atoms with Crippen molar-refractivity contribution < 1.29 is 8.78 Å². The Morgan fingerprint density at radius 1 is 1.05 bits per heavy atom. The Morgan fingerprint density at radius 3 is 2.57 bits per heavy atom. The van der Waals surface area contributed by atoms with Gasteiger partial charge in [0.1, 0.15) is 17.3 Å². The van der Waals surface area contributed by atoms with Gasteiger partial charge in [-0.1, -0.05) is 15.9 Å². The Labute approximate surface area is 126 Å². The lowest BCUT2D eigenvalue weighted by Crippen LogP contribution is -2.03. The highest BCUT2D eigenvalue weighted by atomic mass is 79.9. The molecule has 3 rings (SSSR count). The minimum atomic E-state index is -0.535. The molecule has 5 nitrogen and oxygen atoms in total. The molecule has 0 radical (unpaired) electrons. The molecule has 0 bridgehead atoms. The van der Waals surface area contributed by atoms with Crippen LogP contribution < -0.4 is 5.73 Å². The first-order valence-electron chi connectivity index (χ1n) is 5.85. The summed E-state index contributed by atoms with van der Waals surface area (Å²) in [4.78, 5) is 0. The Hall–Kier alpha value is -2.35. The van der Waals surface area contributed by atoms with Crippen LogP contribution in [0.2, 0.25) is 0 Å². The zero-order chi connectivity index (χ0) is 15.0. The molecule has 0 aliphatic rings. The molecule has 2 aromatic carbocycles. The van der Waals surface area contributed by atoms with Crippen LogP contribution in [0.1, 0.15) is 0 Å². The fraction of sp³-hybridized carbons (Fsp3) is 0. The molecule has 106 valence electrons. The van der Waals surface area contributed by atoms with Gasteiger partial charge < -0.3 is 5.73 Å². The fourth-order valence-electron chi connectivity index (χ4n) is 1.87. The highest BCUT2D eigenvalue weighted by molar-refractivity contribution is 9.10. The molecule has 21 heavy (non-hydrogen) atoms. The lowest BCUT2D eigenvalue weighted by Gasteiger charge is -2.07. The van der Waals surface area contributed by atoms with Crippen molar-refractivity contribution in [2.24, 2.45) is 0 Å². The van der Waals surface area contributed by atoms with Crippen LogP contribution in [-0.4, -0.2) is 20.2 Å². The molecule has 0 saturated carbocycles. The Kier molecular flexibility index (Phi) is 3.38. The summed E-state index contributed by atoms with van der Waals surface area (Å²) in [6.45, 7) is 0. The van der Waals surface area contributed by atoms with Gasteiger partial charge in [-0.05, 0) is 46.8 Å². The maximum Gasteiger partial charge on any atom is 0.187 e. The van der Waals surface area contributed by atoms with Crippen molar-refractivity contribution >= 4 is 21.6 Å². The number of nitrogens with two attached hydrogens (primary N) is 1. The van der Waals surface area contributed by atoms with Crippen LogP contribution in [0.4, 0.5) is 14.5 Å². The third-order valence-corrected chi connectivity index (χ3v) is 3.35. The SMILES string of the molecule is Nc1cc(-c2nnnn2-c2ccc(Br)cc2F)ccc1F. The van der Waals surface area contributed by atoms with E-state index in [0.717, 1.165) is 0 Å². The first-order valence-corrected chi connectivity index (χ1v) is 6.65. The summed E-state index contributed by atoms with van der Waals surface area (Å²) in [5.41, 5.74) is 6.17. The number of halogens is 3. The number of aromatic nitrogens is 4. The number of anilines is 1. The Morgan fingerprint density at radius 2 is 1.86 bits per heavy atom. The van der Waals surface area contributed by atoms with Gasteiger partial charge in [-0.3, -0.25) is 0 Å². The quantitative estimate of drug-likeness (QED) is 0.720. The molecule has 0 aliphatic carbocycles. The lowest BCUT2D eigenvalue weighted by molar-refractivity contribution is 0.607. The Bertz CT molecular complexity index is 818. The van der Waals surface area contributed by atoms with E-state index in [0.29, 0.717) is 10.0 Å². The molecule has 0 atom stereocenters. The standard InChI is InChI=1S/C13H8BrF2N5/c14-8-2-4-12(10(16)6-8)21-13(18-19-20-21)7-1-3-9(15)11(17)5-7/h1-6H,17H2. The first-order chi connectivity index (χ1) is 10.1. The topological polar surface area (TPSA) is 69.6 Å². The summed E-state index contributed by atoms with van der Waals surface area (Å²) in [7, 11) is 0. The van der Waals surface area contributed by atoms with Crippen molar-refractivity contribution in [1.29, 1.82) is 0 Å². The van der Waals surface area contributed by atoms with Crippen LogP contribution in [0.25, 0.3) is 17.1 Å². The summed E-state index contributed by atoms with van der Waals surface area (Å²) < 4.78 is 29.1. The minimum Gasteiger partial charge on any atom is -0.396 e. The predicted octanol–water partition coefficient (Wildman–Crippen LogP) is 2.95. The molecule has 0 unspecified atom stereocenters. The summed E-state index contributed by atoms with van der Waals surface area (Å²) >= 11 is 3.18. The van der Waals surface area contributed by atoms with Crippen LogP contribution in [0, 0.1) is 11.6 Å².